The van der Waals surface area contributed by atoms with E-state index in [4.69, 9.17) is 0 Å². The molecule has 0 heterocycles. The topological polar surface area (TPSA) is 0 Å². The van der Waals surface area contributed by atoms with E-state index >= 15 is 0 Å². The van der Waals surface area contributed by atoms with Crippen molar-refractivity contribution in [2.45, 2.75) is 57.8 Å². The molecule has 0 radical (unpaired) electrons. The van der Waals surface area contributed by atoms with Gasteiger partial charge in [-0.3, -0.25) is 0 Å². The van der Waals surface area contributed by atoms with Crippen LogP contribution in [0.25, 0.3) is 22.4 Å². The number of benzene rings is 3. The Balaban J connectivity index is 1.38. The van der Waals surface area contributed by atoms with E-state index in [0.717, 1.165) is 5.92 Å². The Bertz CT molecular complexity index is 1190. The van der Waals surface area contributed by atoms with Crippen molar-refractivity contribution in [1.82, 2.24) is 0 Å². The summed E-state index contributed by atoms with van der Waals surface area (Å²) in [6.45, 7) is 2.51. The molecule has 0 fully saturated rings. The molecule has 0 saturated heterocycles. The highest BCUT2D eigenvalue weighted by molar-refractivity contribution is 5.96. The molecule has 2 atom stereocenters. The van der Waals surface area contributed by atoms with Gasteiger partial charge in [-0.2, -0.15) is 0 Å². The average molecular weight is 391 g/mol. The SMILES string of the molecule is C[C@@H]1c2c(ccc3c2CCC=C3)CC[C@@H]1CC1=CCCc2ccc3ccccc3c21. The monoisotopic (exact) mass is 390 g/mol. The third-order valence-corrected chi connectivity index (χ3v) is 7.91. The van der Waals surface area contributed by atoms with Gasteiger partial charge in [-0.1, -0.05) is 73.7 Å². The maximum absolute atomic E-state index is 2.56. The van der Waals surface area contributed by atoms with Gasteiger partial charge >= 0.3 is 0 Å². The highest BCUT2D eigenvalue weighted by Crippen LogP contribution is 2.46. The predicted octanol–water partition coefficient (Wildman–Crippen LogP) is 7.89. The van der Waals surface area contributed by atoms with Gasteiger partial charge in [0.05, 0.1) is 0 Å². The molecule has 3 aliphatic rings. The van der Waals surface area contributed by atoms with Crippen LogP contribution in [0, 0.1) is 5.92 Å². The molecule has 150 valence electrons. The minimum atomic E-state index is 0.649. The molecule has 0 saturated carbocycles. The predicted molar refractivity (Wildman–Crippen MR) is 129 cm³/mol. The molecule has 30 heavy (non-hydrogen) atoms. The summed E-state index contributed by atoms with van der Waals surface area (Å²) in [5.41, 5.74) is 11.2. The van der Waals surface area contributed by atoms with Crippen LogP contribution in [-0.2, 0) is 19.3 Å². The highest BCUT2D eigenvalue weighted by Gasteiger charge is 2.31. The van der Waals surface area contributed by atoms with E-state index in [1.54, 1.807) is 33.4 Å². The first kappa shape index (κ1) is 18.2. The molecule has 0 spiro atoms. The molecule has 0 nitrogen and oxygen atoms in total. The van der Waals surface area contributed by atoms with E-state index in [1.807, 2.05) is 0 Å². The zero-order valence-corrected chi connectivity index (χ0v) is 18.0. The van der Waals surface area contributed by atoms with Crippen molar-refractivity contribution in [1.29, 1.82) is 0 Å². The lowest BCUT2D eigenvalue weighted by molar-refractivity contribution is 0.396. The molecule has 0 bridgehead atoms. The van der Waals surface area contributed by atoms with Crippen LogP contribution in [0.1, 0.15) is 71.9 Å². The molecule has 3 aromatic rings. The van der Waals surface area contributed by atoms with E-state index < -0.39 is 0 Å². The molecule has 0 heteroatoms. The molecule has 0 N–H and O–H groups in total. The maximum Gasteiger partial charge on any atom is -0.0106 e. The molecule has 0 unspecified atom stereocenters. The third-order valence-electron chi connectivity index (χ3n) is 7.91. The van der Waals surface area contributed by atoms with Crippen LogP contribution in [0.15, 0.2) is 60.7 Å². The Morgan fingerprint density at radius 3 is 2.73 bits per heavy atom. The Hall–Kier alpha value is -2.60. The fourth-order valence-electron chi connectivity index (χ4n) is 6.37. The van der Waals surface area contributed by atoms with Gasteiger partial charge < -0.3 is 0 Å². The van der Waals surface area contributed by atoms with E-state index in [9.17, 15) is 0 Å². The minimum Gasteiger partial charge on any atom is -0.0836 e. The lowest BCUT2D eigenvalue weighted by Gasteiger charge is -2.36. The normalized spacial score (nSPS) is 22.2. The van der Waals surface area contributed by atoms with Crippen molar-refractivity contribution in [2.24, 2.45) is 5.92 Å². The van der Waals surface area contributed by atoms with Crippen molar-refractivity contribution in [3.63, 3.8) is 0 Å². The quantitative estimate of drug-likeness (QED) is 0.417. The van der Waals surface area contributed by atoms with E-state index in [2.05, 4.69) is 73.7 Å². The molecular weight excluding hydrogens is 360 g/mol. The van der Waals surface area contributed by atoms with Crippen LogP contribution >= 0.6 is 0 Å². The minimum absolute atomic E-state index is 0.649. The molecule has 0 amide bonds. The van der Waals surface area contributed by atoms with Gasteiger partial charge in [0.1, 0.15) is 0 Å². The van der Waals surface area contributed by atoms with Gasteiger partial charge in [-0.05, 0) is 107 Å². The summed E-state index contributed by atoms with van der Waals surface area (Å²) in [5.74, 6) is 1.39. The van der Waals surface area contributed by atoms with E-state index in [-0.39, 0.29) is 0 Å². The van der Waals surface area contributed by atoms with Crippen LogP contribution in [0.5, 0.6) is 0 Å². The average Bonchev–Trinajstić information content (AvgIpc) is 2.80. The van der Waals surface area contributed by atoms with Gasteiger partial charge in [0.25, 0.3) is 0 Å². The largest absolute Gasteiger partial charge is 0.0836 e. The van der Waals surface area contributed by atoms with E-state index in [1.165, 1.54) is 61.3 Å². The molecule has 0 aliphatic heterocycles. The van der Waals surface area contributed by atoms with Crippen LogP contribution in [0.2, 0.25) is 0 Å². The molecule has 3 aromatic carbocycles. The molecular formula is C30H30. The second-order valence-corrected chi connectivity index (χ2v) is 9.53. The van der Waals surface area contributed by atoms with Crippen molar-refractivity contribution in [3.8, 4) is 0 Å². The summed E-state index contributed by atoms with van der Waals surface area (Å²) in [7, 11) is 0. The third kappa shape index (κ3) is 2.88. The summed E-state index contributed by atoms with van der Waals surface area (Å²) in [6, 6.07) is 18.4. The fourth-order valence-corrected chi connectivity index (χ4v) is 6.37. The van der Waals surface area contributed by atoms with Crippen molar-refractivity contribution < 1.29 is 0 Å². The smallest absolute Gasteiger partial charge is 0.0106 e. The van der Waals surface area contributed by atoms with Gasteiger partial charge in [-0.25, -0.2) is 0 Å². The van der Waals surface area contributed by atoms with Crippen molar-refractivity contribution in [3.05, 3.63) is 94.1 Å². The van der Waals surface area contributed by atoms with Crippen LogP contribution in [0.4, 0.5) is 0 Å². The summed E-state index contributed by atoms with van der Waals surface area (Å²) in [6.07, 6.45) is 15.8. The number of fused-ring (bicyclic) bond motifs is 6. The summed E-state index contributed by atoms with van der Waals surface area (Å²) >= 11 is 0. The first-order chi connectivity index (χ1) is 14.8. The number of hydrogen-bond donors (Lipinski definition) is 0. The molecule has 6 rings (SSSR count). The summed E-state index contributed by atoms with van der Waals surface area (Å²) < 4.78 is 0. The fraction of sp³-hybridized carbons (Fsp3) is 0.333. The zero-order chi connectivity index (χ0) is 20.1. The first-order valence-corrected chi connectivity index (χ1v) is 11.8. The Labute approximate surface area is 180 Å². The first-order valence-electron chi connectivity index (χ1n) is 11.8. The van der Waals surface area contributed by atoms with Gasteiger partial charge in [-0.15, -0.1) is 0 Å². The van der Waals surface area contributed by atoms with Crippen LogP contribution in [-0.4, -0.2) is 0 Å². The Morgan fingerprint density at radius 1 is 0.867 bits per heavy atom. The second kappa shape index (κ2) is 7.27. The number of allylic oxidation sites excluding steroid dienone is 3. The Kier molecular flexibility index (Phi) is 4.41. The van der Waals surface area contributed by atoms with Crippen molar-refractivity contribution >= 4 is 22.4 Å². The number of aryl methyl sites for hydroxylation is 2. The van der Waals surface area contributed by atoms with Crippen LogP contribution < -0.4 is 0 Å². The van der Waals surface area contributed by atoms with Gasteiger partial charge in [0.2, 0.25) is 0 Å². The lowest BCUT2D eigenvalue weighted by Crippen LogP contribution is -2.22. The summed E-state index contributed by atoms with van der Waals surface area (Å²) in [5, 5.41) is 2.83. The summed E-state index contributed by atoms with van der Waals surface area (Å²) in [4.78, 5) is 0. The lowest BCUT2D eigenvalue weighted by atomic mass is 9.69. The molecule has 3 aliphatic carbocycles. The number of hydrogen-bond acceptors (Lipinski definition) is 0. The van der Waals surface area contributed by atoms with Gasteiger partial charge in [0, 0.05) is 0 Å². The molecule has 0 aromatic heterocycles. The van der Waals surface area contributed by atoms with Crippen LogP contribution in [0.3, 0.4) is 0 Å². The number of rotatable bonds is 2. The van der Waals surface area contributed by atoms with Crippen molar-refractivity contribution in [2.75, 3.05) is 0 Å². The second-order valence-electron chi connectivity index (χ2n) is 9.53. The van der Waals surface area contributed by atoms with Gasteiger partial charge in [0.15, 0.2) is 0 Å². The highest BCUT2D eigenvalue weighted by atomic mass is 14.4. The zero-order valence-electron chi connectivity index (χ0n) is 18.0. The maximum atomic E-state index is 2.56. The van der Waals surface area contributed by atoms with E-state index in [0.29, 0.717) is 5.92 Å². The Morgan fingerprint density at radius 2 is 1.77 bits per heavy atom. The standard InChI is InChI=1S/C30H30/c1-20-25(18-17-24-16-14-21-7-2-4-11-27(21)29(20)24)19-26-10-6-9-23-15-13-22-8-3-5-12-28(22)30(23)26/h2-3,5,7-8,10,12-16,20,25H,4,6,9,11,17-19H2,1H3/t20-,25+/m0/s1.